The smallest absolute Gasteiger partial charge is 0.277 e. The van der Waals surface area contributed by atoms with E-state index >= 15 is 0 Å². The van der Waals surface area contributed by atoms with Crippen molar-refractivity contribution in [1.82, 2.24) is 9.44 Å². The molecule has 0 fully saturated rings. The molecule has 1 atom stereocenters. The predicted molar refractivity (Wildman–Crippen MR) is 57.5 cm³/mol. The second-order valence-electron chi connectivity index (χ2n) is 4.83. The number of aliphatic hydroxyl groups excluding tert-OH is 1. The maximum Gasteiger partial charge on any atom is 0.277 e. The van der Waals surface area contributed by atoms with Crippen molar-refractivity contribution in [3.05, 3.63) is 0 Å². The first kappa shape index (κ1) is 14.8. The summed E-state index contributed by atoms with van der Waals surface area (Å²) in [6, 6.07) is 0. The molecule has 0 aliphatic heterocycles. The fourth-order valence-corrected chi connectivity index (χ4v) is 2.12. The Hall–Kier alpha value is -0.210. The van der Waals surface area contributed by atoms with Gasteiger partial charge in [-0.3, -0.25) is 0 Å². The number of hydrogen-bond acceptors (Lipinski definition) is 4. The molecule has 0 radical (unpaired) electrons. The lowest BCUT2D eigenvalue weighted by Crippen LogP contribution is -2.51. The minimum atomic E-state index is -3.65. The van der Waals surface area contributed by atoms with Gasteiger partial charge in [0.05, 0.1) is 12.2 Å². The molecular weight excluding hydrogens is 220 g/mol. The van der Waals surface area contributed by atoms with Crippen molar-refractivity contribution in [2.45, 2.75) is 38.8 Å². The Labute approximate surface area is 90.9 Å². The lowest BCUT2D eigenvalue weighted by Gasteiger charge is -2.24. The molecule has 92 valence electrons. The zero-order chi connectivity index (χ0) is 12.3. The van der Waals surface area contributed by atoms with Crippen molar-refractivity contribution in [2.24, 2.45) is 0 Å². The lowest BCUT2D eigenvalue weighted by molar-refractivity contribution is 0.00671. The number of nitrogens with one attached hydrogen (secondary N) is 2. The van der Waals surface area contributed by atoms with E-state index in [1.165, 1.54) is 6.92 Å². The molecule has 0 saturated heterocycles. The summed E-state index contributed by atoms with van der Waals surface area (Å²) in [6.45, 7) is 5.70. The summed E-state index contributed by atoms with van der Waals surface area (Å²) in [5.74, 6) is 0. The molecule has 7 heteroatoms. The molecule has 0 spiro atoms. The first-order valence-corrected chi connectivity index (χ1v) is 6.08. The Morgan fingerprint density at radius 3 is 2.00 bits per heavy atom. The van der Waals surface area contributed by atoms with Crippen LogP contribution in [0.1, 0.15) is 27.7 Å². The van der Waals surface area contributed by atoms with Crippen LogP contribution in [0.4, 0.5) is 0 Å². The van der Waals surface area contributed by atoms with Gasteiger partial charge in [-0.2, -0.15) is 17.9 Å². The molecule has 0 rings (SSSR count). The van der Waals surface area contributed by atoms with E-state index in [2.05, 4.69) is 9.44 Å². The van der Waals surface area contributed by atoms with E-state index in [0.717, 1.165) is 0 Å². The maximum absolute atomic E-state index is 11.4. The van der Waals surface area contributed by atoms with Crippen molar-refractivity contribution in [3.8, 4) is 0 Å². The third-order valence-corrected chi connectivity index (χ3v) is 2.83. The fraction of sp³-hybridized carbons (Fsp3) is 1.00. The van der Waals surface area contributed by atoms with Crippen LogP contribution < -0.4 is 9.44 Å². The number of hydrogen-bond donors (Lipinski definition) is 4. The quantitative estimate of drug-likeness (QED) is 0.493. The normalized spacial score (nSPS) is 17.5. The van der Waals surface area contributed by atoms with Gasteiger partial charge in [0.1, 0.15) is 0 Å². The average Bonchev–Trinajstić information content (AvgIpc) is 1.97. The van der Waals surface area contributed by atoms with Gasteiger partial charge in [0.2, 0.25) is 0 Å². The first-order chi connectivity index (χ1) is 6.47. The molecule has 6 nitrogen and oxygen atoms in total. The second kappa shape index (κ2) is 4.75. The Balaban J connectivity index is 4.30. The highest BCUT2D eigenvalue weighted by molar-refractivity contribution is 7.87. The number of rotatable bonds is 5. The Morgan fingerprint density at radius 2 is 1.67 bits per heavy atom. The van der Waals surface area contributed by atoms with Crippen molar-refractivity contribution in [3.63, 3.8) is 0 Å². The van der Waals surface area contributed by atoms with E-state index in [9.17, 15) is 13.5 Å². The lowest BCUT2D eigenvalue weighted by atomic mass is 10.1. The van der Waals surface area contributed by atoms with Crippen molar-refractivity contribution >= 4 is 10.2 Å². The minimum absolute atomic E-state index is 0.241. The van der Waals surface area contributed by atoms with E-state index in [4.69, 9.17) is 5.11 Å². The summed E-state index contributed by atoms with van der Waals surface area (Å²) >= 11 is 0. The third-order valence-electron chi connectivity index (χ3n) is 1.42. The van der Waals surface area contributed by atoms with Crippen LogP contribution >= 0.6 is 0 Å². The van der Waals surface area contributed by atoms with E-state index in [-0.39, 0.29) is 6.54 Å². The average molecular weight is 240 g/mol. The van der Waals surface area contributed by atoms with Gasteiger partial charge in [0.15, 0.2) is 0 Å². The predicted octanol–water partition coefficient (Wildman–Crippen LogP) is -1.05. The molecule has 0 aromatic carbocycles. The molecule has 0 aromatic heterocycles. The molecule has 0 aliphatic carbocycles. The summed E-state index contributed by atoms with van der Waals surface area (Å²) in [5, 5.41) is 18.1. The molecular formula is C8H20N2O4S. The Bertz CT molecular complexity index is 292. The maximum atomic E-state index is 11.4. The van der Waals surface area contributed by atoms with Crippen LogP contribution in [-0.2, 0) is 10.2 Å². The molecule has 0 heterocycles. The van der Waals surface area contributed by atoms with Crippen LogP contribution in [0.25, 0.3) is 0 Å². The minimum Gasteiger partial charge on any atom is -0.393 e. The molecule has 4 N–H and O–H groups in total. The van der Waals surface area contributed by atoms with Crippen LogP contribution in [0.15, 0.2) is 0 Å². The Kier molecular flexibility index (Phi) is 4.68. The highest BCUT2D eigenvalue weighted by atomic mass is 32.2. The van der Waals surface area contributed by atoms with Crippen LogP contribution in [0, 0.1) is 0 Å². The summed E-state index contributed by atoms with van der Waals surface area (Å²) < 4.78 is 27.3. The monoisotopic (exact) mass is 240 g/mol. The van der Waals surface area contributed by atoms with Crippen LogP contribution in [0.2, 0.25) is 0 Å². The van der Waals surface area contributed by atoms with Crippen LogP contribution in [-0.4, -0.2) is 42.9 Å². The molecule has 1 unspecified atom stereocenters. The van der Waals surface area contributed by atoms with E-state index in [1.54, 1.807) is 20.8 Å². The molecule has 0 aliphatic rings. The van der Waals surface area contributed by atoms with Crippen molar-refractivity contribution in [1.29, 1.82) is 0 Å². The Morgan fingerprint density at radius 1 is 1.20 bits per heavy atom. The standard InChI is InChI=1S/C8H20N2O4S/c1-7(2,3)10-15(13,14)9-5-8(4,12)6-11/h9-12H,5-6H2,1-4H3. The first-order valence-electron chi connectivity index (χ1n) is 4.59. The van der Waals surface area contributed by atoms with Gasteiger partial charge in [-0.05, 0) is 27.7 Å². The highest BCUT2D eigenvalue weighted by Crippen LogP contribution is 2.03. The number of aliphatic hydroxyl groups is 2. The molecule has 0 bridgehead atoms. The molecule has 15 heavy (non-hydrogen) atoms. The third kappa shape index (κ3) is 7.69. The molecule has 0 aromatic rings. The topological polar surface area (TPSA) is 98.7 Å². The zero-order valence-corrected chi connectivity index (χ0v) is 10.3. The van der Waals surface area contributed by atoms with Crippen LogP contribution in [0.5, 0.6) is 0 Å². The van der Waals surface area contributed by atoms with Crippen LogP contribution in [0.3, 0.4) is 0 Å². The molecule has 0 saturated carbocycles. The second-order valence-corrected chi connectivity index (χ2v) is 6.33. The summed E-state index contributed by atoms with van der Waals surface area (Å²) in [6.07, 6.45) is 0. The SMILES string of the molecule is CC(O)(CO)CNS(=O)(=O)NC(C)(C)C. The highest BCUT2D eigenvalue weighted by Gasteiger charge is 2.24. The van der Waals surface area contributed by atoms with Gasteiger partial charge in [0, 0.05) is 12.1 Å². The summed E-state index contributed by atoms with van der Waals surface area (Å²) in [4.78, 5) is 0. The van der Waals surface area contributed by atoms with E-state index in [0.29, 0.717) is 0 Å². The van der Waals surface area contributed by atoms with Gasteiger partial charge < -0.3 is 10.2 Å². The molecule has 0 amide bonds. The van der Waals surface area contributed by atoms with Crippen molar-refractivity contribution in [2.75, 3.05) is 13.2 Å². The van der Waals surface area contributed by atoms with E-state index in [1.807, 2.05) is 0 Å². The van der Waals surface area contributed by atoms with Gasteiger partial charge in [-0.15, -0.1) is 0 Å². The summed E-state index contributed by atoms with van der Waals surface area (Å²) in [5.41, 5.74) is -2.04. The zero-order valence-electron chi connectivity index (χ0n) is 9.53. The summed E-state index contributed by atoms with van der Waals surface area (Å²) in [7, 11) is -3.65. The largest absolute Gasteiger partial charge is 0.393 e. The van der Waals surface area contributed by atoms with Gasteiger partial charge >= 0.3 is 0 Å². The van der Waals surface area contributed by atoms with Gasteiger partial charge in [0.25, 0.3) is 10.2 Å². The van der Waals surface area contributed by atoms with Crippen molar-refractivity contribution < 1.29 is 18.6 Å². The van der Waals surface area contributed by atoms with Gasteiger partial charge in [-0.1, -0.05) is 0 Å². The van der Waals surface area contributed by atoms with E-state index < -0.39 is 28.0 Å². The van der Waals surface area contributed by atoms with Gasteiger partial charge in [-0.25, -0.2) is 0 Å². The fourth-order valence-electron chi connectivity index (χ4n) is 0.746.